The number of nitrogens with one attached hydrogen (secondary N) is 1. The average Bonchev–Trinajstić information content (AvgIpc) is 2.61. The maximum absolute atomic E-state index is 11.7. The monoisotopic (exact) mass is 235 g/mol. The molecular weight excluding hydrogens is 222 g/mol. The number of aromatic nitrogens is 3. The van der Waals surface area contributed by atoms with Crippen LogP contribution in [-0.4, -0.2) is 25.8 Å². The van der Waals surface area contributed by atoms with Crippen molar-refractivity contribution >= 4 is 16.9 Å². The minimum absolute atomic E-state index is 0.103. The fraction of sp³-hybridized carbons (Fsp3) is 0.364. The number of carboxylic acids is 1. The van der Waals surface area contributed by atoms with Gasteiger partial charge in [0.2, 0.25) is 0 Å². The average molecular weight is 235 g/mol. The topological polar surface area (TPSA) is 88.0 Å². The van der Waals surface area contributed by atoms with Gasteiger partial charge in [-0.05, 0) is 18.9 Å². The van der Waals surface area contributed by atoms with Gasteiger partial charge in [0.25, 0.3) is 5.56 Å². The standard InChI is InChI=1S/C11H13N3O3/c1-14-9-5-7(3-2-4-10(15)16)13-11(17)8(9)6-12-14/h5-6H,2-4H2,1H3,(H,13,17)(H,15,16). The second kappa shape index (κ2) is 4.40. The number of aliphatic carboxylic acids is 1. The van der Waals surface area contributed by atoms with Crippen LogP contribution >= 0.6 is 0 Å². The van der Waals surface area contributed by atoms with Crippen molar-refractivity contribution in [3.63, 3.8) is 0 Å². The number of hydrogen-bond donors (Lipinski definition) is 2. The van der Waals surface area contributed by atoms with E-state index in [0.29, 0.717) is 18.2 Å². The molecule has 2 N–H and O–H groups in total. The van der Waals surface area contributed by atoms with E-state index in [1.165, 1.54) is 6.20 Å². The van der Waals surface area contributed by atoms with Gasteiger partial charge >= 0.3 is 5.97 Å². The highest BCUT2D eigenvalue weighted by atomic mass is 16.4. The van der Waals surface area contributed by atoms with Crippen molar-refractivity contribution in [1.82, 2.24) is 14.8 Å². The summed E-state index contributed by atoms with van der Waals surface area (Å²) in [6.07, 6.45) is 2.68. The molecule has 6 heteroatoms. The molecule has 90 valence electrons. The van der Waals surface area contributed by atoms with E-state index in [0.717, 1.165) is 11.2 Å². The number of aryl methyl sites for hydroxylation is 2. The molecule has 0 unspecified atom stereocenters. The van der Waals surface area contributed by atoms with E-state index < -0.39 is 5.97 Å². The lowest BCUT2D eigenvalue weighted by Crippen LogP contribution is -2.09. The first-order valence-corrected chi connectivity index (χ1v) is 5.33. The molecule has 0 aliphatic rings. The van der Waals surface area contributed by atoms with Crippen LogP contribution in [0.15, 0.2) is 17.1 Å². The summed E-state index contributed by atoms with van der Waals surface area (Å²) >= 11 is 0. The predicted molar refractivity (Wildman–Crippen MR) is 61.9 cm³/mol. The lowest BCUT2D eigenvalue weighted by Gasteiger charge is -2.01. The molecule has 0 spiro atoms. The van der Waals surface area contributed by atoms with Crippen molar-refractivity contribution in [3.05, 3.63) is 28.3 Å². The predicted octanol–water partition coefficient (Wildman–Crippen LogP) is 0.669. The fourth-order valence-electron chi connectivity index (χ4n) is 1.77. The molecule has 0 fully saturated rings. The van der Waals surface area contributed by atoms with Gasteiger partial charge in [-0.1, -0.05) is 0 Å². The van der Waals surface area contributed by atoms with E-state index in [1.807, 2.05) is 6.07 Å². The summed E-state index contributed by atoms with van der Waals surface area (Å²) in [4.78, 5) is 24.8. The van der Waals surface area contributed by atoms with E-state index in [-0.39, 0.29) is 12.0 Å². The first-order valence-electron chi connectivity index (χ1n) is 5.33. The number of H-pyrrole nitrogens is 1. The highest BCUT2D eigenvalue weighted by Gasteiger charge is 2.06. The van der Waals surface area contributed by atoms with Crippen LogP contribution in [0, 0.1) is 0 Å². The Balaban J connectivity index is 2.26. The van der Waals surface area contributed by atoms with E-state index in [9.17, 15) is 9.59 Å². The molecule has 0 amide bonds. The van der Waals surface area contributed by atoms with Crippen molar-refractivity contribution in [2.24, 2.45) is 7.05 Å². The molecule has 0 aliphatic heterocycles. The molecule has 0 saturated carbocycles. The first kappa shape index (κ1) is 11.4. The van der Waals surface area contributed by atoms with Crippen molar-refractivity contribution in [2.45, 2.75) is 19.3 Å². The van der Waals surface area contributed by atoms with Gasteiger partial charge in [0.15, 0.2) is 0 Å². The van der Waals surface area contributed by atoms with E-state index in [2.05, 4.69) is 10.1 Å². The Kier molecular flexibility index (Phi) is 2.95. The zero-order valence-corrected chi connectivity index (χ0v) is 9.43. The van der Waals surface area contributed by atoms with Gasteiger partial charge in [0.05, 0.1) is 17.1 Å². The molecule has 2 aromatic heterocycles. The van der Waals surface area contributed by atoms with Crippen molar-refractivity contribution in [2.75, 3.05) is 0 Å². The fourth-order valence-corrected chi connectivity index (χ4v) is 1.77. The highest BCUT2D eigenvalue weighted by molar-refractivity contribution is 5.77. The van der Waals surface area contributed by atoms with Crippen LogP contribution in [0.25, 0.3) is 10.9 Å². The van der Waals surface area contributed by atoms with Crippen LogP contribution in [0.3, 0.4) is 0 Å². The van der Waals surface area contributed by atoms with Crippen LogP contribution in [0.4, 0.5) is 0 Å². The van der Waals surface area contributed by atoms with E-state index in [4.69, 9.17) is 5.11 Å². The summed E-state index contributed by atoms with van der Waals surface area (Å²) in [6.45, 7) is 0. The minimum atomic E-state index is -0.825. The Morgan fingerprint density at radius 2 is 2.35 bits per heavy atom. The largest absolute Gasteiger partial charge is 0.481 e. The molecular formula is C11H13N3O3. The number of hydrogen-bond acceptors (Lipinski definition) is 3. The van der Waals surface area contributed by atoms with E-state index >= 15 is 0 Å². The summed E-state index contributed by atoms with van der Waals surface area (Å²) < 4.78 is 1.63. The van der Waals surface area contributed by atoms with Crippen molar-refractivity contribution in [3.8, 4) is 0 Å². The van der Waals surface area contributed by atoms with Gasteiger partial charge < -0.3 is 10.1 Å². The summed E-state index contributed by atoms with van der Waals surface area (Å²) in [5.74, 6) is -0.825. The van der Waals surface area contributed by atoms with Gasteiger partial charge in [-0.3, -0.25) is 14.3 Å². The molecule has 17 heavy (non-hydrogen) atoms. The number of carboxylic acid groups (broad SMARTS) is 1. The molecule has 0 radical (unpaired) electrons. The van der Waals surface area contributed by atoms with Crippen LogP contribution in [0.5, 0.6) is 0 Å². The number of nitrogens with zero attached hydrogens (tertiary/aromatic N) is 2. The van der Waals surface area contributed by atoms with Gasteiger partial charge in [0, 0.05) is 19.2 Å². The van der Waals surface area contributed by atoms with Gasteiger partial charge in [0.1, 0.15) is 0 Å². The quantitative estimate of drug-likeness (QED) is 0.815. The maximum atomic E-state index is 11.7. The third-order valence-electron chi connectivity index (χ3n) is 2.65. The summed E-state index contributed by atoms with van der Waals surface area (Å²) in [5, 5.41) is 13.1. The molecule has 0 aromatic carbocycles. The first-order chi connectivity index (χ1) is 8.08. The van der Waals surface area contributed by atoms with Crippen LogP contribution in [0.1, 0.15) is 18.5 Å². The van der Waals surface area contributed by atoms with Gasteiger partial charge in [-0.15, -0.1) is 0 Å². The van der Waals surface area contributed by atoms with Crippen LogP contribution < -0.4 is 5.56 Å². The smallest absolute Gasteiger partial charge is 0.303 e. The lowest BCUT2D eigenvalue weighted by atomic mass is 10.1. The molecule has 2 aromatic rings. The number of rotatable bonds is 4. The Labute approximate surface area is 96.9 Å². The zero-order chi connectivity index (χ0) is 12.4. The minimum Gasteiger partial charge on any atom is -0.481 e. The second-order valence-electron chi connectivity index (χ2n) is 3.94. The SMILES string of the molecule is Cn1ncc2c(=O)[nH]c(CCCC(=O)O)cc21. The van der Waals surface area contributed by atoms with Gasteiger partial charge in [-0.2, -0.15) is 5.10 Å². The highest BCUT2D eigenvalue weighted by Crippen LogP contribution is 2.10. The Morgan fingerprint density at radius 1 is 1.59 bits per heavy atom. The van der Waals surface area contributed by atoms with Crippen molar-refractivity contribution < 1.29 is 9.90 Å². The molecule has 6 nitrogen and oxygen atoms in total. The van der Waals surface area contributed by atoms with Crippen LogP contribution in [-0.2, 0) is 18.3 Å². The number of carbonyl (C=O) groups is 1. The zero-order valence-electron chi connectivity index (χ0n) is 9.43. The van der Waals surface area contributed by atoms with Crippen LogP contribution in [0.2, 0.25) is 0 Å². The molecule has 0 saturated heterocycles. The molecule has 0 bridgehead atoms. The molecule has 2 heterocycles. The summed E-state index contributed by atoms with van der Waals surface area (Å²) in [7, 11) is 1.77. The molecule has 0 aliphatic carbocycles. The Hall–Kier alpha value is -2.11. The summed E-state index contributed by atoms with van der Waals surface area (Å²) in [6, 6.07) is 1.84. The maximum Gasteiger partial charge on any atom is 0.303 e. The number of fused-ring (bicyclic) bond motifs is 1. The number of aromatic amines is 1. The molecule has 2 rings (SSSR count). The Morgan fingerprint density at radius 3 is 3.06 bits per heavy atom. The third-order valence-corrected chi connectivity index (χ3v) is 2.65. The third kappa shape index (κ3) is 2.35. The molecule has 0 atom stereocenters. The van der Waals surface area contributed by atoms with Crippen molar-refractivity contribution in [1.29, 1.82) is 0 Å². The summed E-state index contributed by atoms with van der Waals surface area (Å²) in [5.41, 5.74) is 1.33. The Bertz CT molecular complexity index is 612. The van der Waals surface area contributed by atoms with E-state index in [1.54, 1.807) is 11.7 Å². The number of pyridine rings is 1. The lowest BCUT2D eigenvalue weighted by molar-refractivity contribution is -0.137. The second-order valence-corrected chi connectivity index (χ2v) is 3.94. The normalized spacial score (nSPS) is 10.9. The van der Waals surface area contributed by atoms with Gasteiger partial charge in [-0.25, -0.2) is 0 Å².